The van der Waals surface area contributed by atoms with Gasteiger partial charge >= 0.3 is 0 Å². The van der Waals surface area contributed by atoms with Crippen molar-refractivity contribution in [1.82, 2.24) is 9.29 Å². The van der Waals surface area contributed by atoms with E-state index in [1.807, 2.05) is 40.1 Å². The Morgan fingerprint density at radius 3 is 2.33 bits per heavy atom. The predicted octanol–water partition coefficient (Wildman–Crippen LogP) is 6.75. The maximum absolute atomic E-state index is 4.37. The smallest absolute Gasteiger partial charge is 0.0604 e. The van der Waals surface area contributed by atoms with Gasteiger partial charge in [-0.25, -0.2) is 0 Å². The van der Waals surface area contributed by atoms with Gasteiger partial charge in [0.25, 0.3) is 0 Å². The summed E-state index contributed by atoms with van der Waals surface area (Å²) < 4.78 is 5.49. The molecule has 0 bridgehead atoms. The SMILES string of the molecule is C=c1/c(=C\N=C(C)C)ccn1-c1ccccc1SNCCC.CC.Cc1ccc(C)c(C)c1. The molecule has 0 aliphatic carbocycles. The van der Waals surface area contributed by atoms with E-state index >= 15 is 0 Å². The van der Waals surface area contributed by atoms with Crippen molar-refractivity contribution in [2.45, 2.75) is 66.7 Å². The van der Waals surface area contributed by atoms with Gasteiger partial charge in [-0.1, -0.05) is 63.2 Å². The molecule has 0 radical (unpaired) electrons. The molecule has 0 aliphatic heterocycles. The van der Waals surface area contributed by atoms with E-state index in [0.717, 1.165) is 34.9 Å². The maximum Gasteiger partial charge on any atom is 0.0604 e. The number of aliphatic imine (C=N–C) groups is 1. The molecule has 3 rings (SSSR count). The molecule has 0 spiro atoms. The third-order valence-corrected chi connectivity index (χ3v) is 5.72. The Bertz CT molecular complexity index is 1120. The monoisotopic (exact) mass is 463 g/mol. The average molecular weight is 464 g/mol. The fourth-order valence-electron chi connectivity index (χ4n) is 2.89. The van der Waals surface area contributed by atoms with Crippen LogP contribution in [0.2, 0.25) is 0 Å². The largest absolute Gasteiger partial charge is 0.316 e. The fraction of sp³-hybridized carbons (Fsp3) is 0.345. The summed E-state index contributed by atoms with van der Waals surface area (Å²) in [7, 11) is 0. The summed E-state index contributed by atoms with van der Waals surface area (Å²) in [4.78, 5) is 5.56. The zero-order valence-electron chi connectivity index (χ0n) is 21.7. The molecule has 0 atom stereocenters. The van der Waals surface area contributed by atoms with Crippen LogP contribution in [0.3, 0.4) is 0 Å². The van der Waals surface area contributed by atoms with Crippen molar-refractivity contribution in [1.29, 1.82) is 0 Å². The van der Waals surface area contributed by atoms with Gasteiger partial charge in [-0.15, -0.1) is 0 Å². The summed E-state index contributed by atoms with van der Waals surface area (Å²) in [6.07, 6.45) is 5.04. The third-order valence-electron chi connectivity index (χ3n) is 4.81. The van der Waals surface area contributed by atoms with Gasteiger partial charge in [0.15, 0.2) is 0 Å². The highest BCUT2D eigenvalue weighted by Crippen LogP contribution is 2.22. The Morgan fingerprint density at radius 1 is 1.03 bits per heavy atom. The number of para-hydroxylation sites is 1. The Morgan fingerprint density at radius 2 is 1.73 bits per heavy atom. The Hall–Kier alpha value is -2.56. The van der Waals surface area contributed by atoms with Crippen LogP contribution < -0.4 is 15.3 Å². The highest BCUT2D eigenvalue weighted by Gasteiger charge is 2.05. The number of hydrogen-bond acceptors (Lipinski definition) is 3. The molecule has 1 N–H and O–H groups in total. The van der Waals surface area contributed by atoms with E-state index in [0.29, 0.717) is 0 Å². The van der Waals surface area contributed by atoms with E-state index in [1.54, 1.807) is 11.9 Å². The molecule has 0 unspecified atom stereocenters. The van der Waals surface area contributed by atoms with Gasteiger partial charge < -0.3 is 4.57 Å². The summed E-state index contributed by atoms with van der Waals surface area (Å²) in [5.41, 5.74) is 6.28. The normalized spacial score (nSPS) is 10.6. The molecular formula is C29H41N3S. The molecular weight excluding hydrogens is 422 g/mol. The zero-order chi connectivity index (χ0) is 24.8. The molecule has 4 heteroatoms. The topological polar surface area (TPSA) is 29.3 Å². The zero-order valence-corrected chi connectivity index (χ0v) is 22.5. The van der Waals surface area contributed by atoms with Crippen molar-refractivity contribution in [2.24, 2.45) is 4.99 Å². The summed E-state index contributed by atoms with van der Waals surface area (Å²) in [5, 5.41) is 2.00. The fourth-order valence-corrected chi connectivity index (χ4v) is 3.77. The van der Waals surface area contributed by atoms with Crippen LogP contribution in [0.4, 0.5) is 0 Å². The summed E-state index contributed by atoms with van der Waals surface area (Å²) >= 11 is 1.67. The molecule has 0 amide bonds. The minimum atomic E-state index is 0.952. The third kappa shape index (κ3) is 9.45. The number of nitrogens with zero attached hydrogens (tertiary/aromatic N) is 2. The van der Waals surface area contributed by atoms with Gasteiger partial charge in [0.05, 0.1) is 5.69 Å². The van der Waals surface area contributed by atoms with Crippen LogP contribution in [-0.4, -0.2) is 16.8 Å². The predicted molar refractivity (Wildman–Crippen MR) is 150 cm³/mol. The number of aromatic nitrogens is 1. The van der Waals surface area contributed by atoms with Gasteiger partial charge in [0, 0.05) is 40.1 Å². The average Bonchev–Trinajstić information content (AvgIpc) is 3.17. The molecule has 1 aromatic heterocycles. The van der Waals surface area contributed by atoms with Crippen LogP contribution >= 0.6 is 11.9 Å². The second-order valence-electron chi connectivity index (χ2n) is 7.85. The minimum Gasteiger partial charge on any atom is -0.316 e. The highest BCUT2D eigenvalue weighted by molar-refractivity contribution is 7.97. The molecule has 0 saturated carbocycles. The first-order chi connectivity index (χ1) is 15.8. The molecule has 2 aromatic carbocycles. The molecule has 1 heterocycles. The van der Waals surface area contributed by atoms with Crippen molar-refractivity contribution < 1.29 is 0 Å². The van der Waals surface area contributed by atoms with Crippen LogP contribution in [0.5, 0.6) is 0 Å². The Labute approximate surface area is 205 Å². The molecule has 33 heavy (non-hydrogen) atoms. The van der Waals surface area contributed by atoms with Gasteiger partial charge in [0.1, 0.15) is 0 Å². The van der Waals surface area contributed by atoms with Crippen molar-refractivity contribution in [3.63, 3.8) is 0 Å². The molecule has 0 saturated heterocycles. The van der Waals surface area contributed by atoms with E-state index < -0.39 is 0 Å². The Kier molecular flexibility index (Phi) is 13.2. The first kappa shape index (κ1) is 28.5. The van der Waals surface area contributed by atoms with Gasteiger partial charge in [-0.3, -0.25) is 9.71 Å². The number of aryl methyl sites for hydroxylation is 3. The summed E-state index contributed by atoms with van der Waals surface area (Å²) in [5.74, 6) is 0. The lowest BCUT2D eigenvalue weighted by Crippen LogP contribution is -2.26. The molecule has 0 aliphatic rings. The second-order valence-corrected chi connectivity index (χ2v) is 8.78. The van der Waals surface area contributed by atoms with E-state index in [4.69, 9.17) is 0 Å². The van der Waals surface area contributed by atoms with Crippen LogP contribution in [0.15, 0.2) is 64.6 Å². The molecule has 0 fully saturated rings. The quantitative estimate of drug-likeness (QED) is 0.249. The second kappa shape index (κ2) is 15.3. The van der Waals surface area contributed by atoms with Gasteiger partial charge in [-0.05, 0) is 82.3 Å². The van der Waals surface area contributed by atoms with Gasteiger partial charge in [-0.2, -0.15) is 0 Å². The van der Waals surface area contributed by atoms with E-state index in [-0.39, 0.29) is 0 Å². The first-order valence-corrected chi connectivity index (χ1v) is 12.6. The van der Waals surface area contributed by atoms with E-state index in [2.05, 4.69) is 97.1 Å². The molecule has 3 nitrogen and oxygen atoms in total. The maximum atomic E-state index is 4.37. The molecule has 178 valence electrons. The van der Waals surface area contributed by atoms with Crippen molar-refractivity contribution in [3.05, 3.63) is 82.0 Å². The van der Waals surface area contributed by atoms with Crippen LogP contribution in [-0.2, 0) is 0 Å². The van der Waals surface area contributed by atoms with E-state index in [9.17, 15) is 0 Å². The molecule has 3 aromatic rings. The van der Waals surface area contributed by atoms with Crippen LogP contribution in [0.25, 0.3) is 18.5 Å². The van der Waals surface area contributed by atoms with Crippen LogP contribution in [0, 0.1) is 20.8 Å². The number of hydrogen-bond donors (Lipinski definition) is 1. The van der Waals surface area contributed by atoms with Crippen molar-refractivity contribution in [2.75, 3.05) is 6.54 Å². The van der Waals surface area contributed by atoms with Crippen LogP contribution in [0.1, 0.15) is 57.7 Å². The number of rotatable bonds is 6. The number of nitrogens with one attached hydrogen (secondary N) is 1. The lowest BCUT2D eigenvalue weighted by Gasteiger charge is -2.10. The number of benzene rings is 2. The Balaban J connectivity index is 0.000000412. The lowest BCUT2D eigenvalue weighted by atomic mass is 10.1. The lowest BCUT2D eigenvalue weighted by molar-refractivity contribution is 0.876. The summed E-state index contributed by atoms with van der Waals surface area (Å²) in [6, 6.07) is 16.9. The highest BCUT2D eigenvalue weighted by atomic mass is 32.2. The van der Waals surface area contributed by atoms with E-state index in [1.165, 1.54) is 21.6 Å². The van der Waals surface area contributed by atoms with Gasteiger partial charge in [0.2, 0.25) is 0 Å². The van der Waals surface area contributed by atoms with Crippen molar-refractivity contribution >= 4 is 30.4 Å². The first-order valence-electron chi connectivity index (χ1n) is 11.7. The summed E-state index contributed by atoms with van der Waals surface area (Å²) in [6.45, 7) is 21.7. The van der Waals surface area contributed by atoms with Crippen molar-refractivity contribution in [3.8, 4) is 5.69 Å². The standard InChI is InChI=1S/C18H23N3S.C9H12.C2H6/c1-5-11-20-22-18-9-7-6-8-17(18)21-12-10-16(15(21)4)13-19-14(2)3;1-7-4-5-8(2)9(3)6-7;1-2/h6-10,12-13,20H,4-5,11H2,1-3H3;4-6H,1-3H3;1-2H3/b16-13-;;. The minimum absolute atomic E-state index is 0.952.